The first-order chi connectivity index (χ1) is 17.9. The predicted molar refractivity (Wildman–Crippen MR) is 147 cm³/mol. The van der Waals surface area contributed by atoms with E-state index in [4.69, 9.17) is 10.1 Å². The largest absolute Gasteiger partial charge is 0.369 e. The van der Waals surface area contributed by atoms with E-state index < -0.39 is 21.1 Å². The van der Waals surface area contributed by atoms with Gasteiger partial charge in [0.1, 0.15) is 16.1 Å². The van der Waals surface area contributed by atoms with Gasteiger partial charge in [0.05, 0.1) is 10.6 Å². The number of nitrogens with two attached hydrogens (primary N) is 1. The van der Waals surface area contributed by atoms with Crippen LogP contribution in [0, 0.1) is 5.82 Å². The van der Waals surface area contributed by atoms with Crippen molar-refractivity contribution in [2.45, 2.75) is 18.6 Å². The SMILES string of the molecule is CCC(c1cccc(-c2nc(-c3ccc(N4CCNCC4)cc3)sc2-c2ccncc2)c1F)S(N)(=O)=O. The van der Waals surface area contributed by atoms with Crippen LogP contribution < -0.4 is 15.4 Å². The van der Waals surface area contributed by atoms with Crippen molar-refractivity contribution < 1.29 is 12.8 Å². The van der Waals surface area contributed by atoms with E-state index in [1.807, 2.05) is 24.3 Å². The van der Waals surface area contributed by atoms with Gasteiger partial charge in [-0.2, -0.15) is 0 Å². The summed E-state index contributed by atoms with van der Waals surface area (Å²) in [7, 11) is -3.98. The minimum atomic E-state index is -3.98. The molecule has 1 aliphatic rings. The lowest BCUT2D eigenvalue weighted by atomic mass is 10.0. The zero-order valence-electron chi connectivity index (χ0n) is 20.4. The van der Waals surface area contributed by atoms with Crippen molar-refractivity contribution in [3.05, 3.63) is 78.4 Å². The third-order valence-electron chi connectivity index (χ3n) is 6.56. The lowest BCUT2D eigenvalue weighted by molar-refractivity contribution is 0.566. The molecular weight excluding hydrogens is 509 g/mol. The Morgan fingerprint density at radius 1 is 1.05 bits per heavy atom. The van der Waals surface area contributed by atoms with Crippen molar-refractivity contribution >= 4 is 27.0 Å². The molecule has 1 aliphatic heterocycles. The first-order valence-corrected chi connectivity index (χ1v) is 14.6. The van der Waals surface area contributed by atoms with Crippen molar-refractivity contribution in [3.63, 3.8) is 0 Å². The fourth-order valence-corrected chi connectivity index (χ4v) is 6.76. The van der Waals surface area contributed by atoms with Gasteiger partial charge in [0.2, 0.25) is 10.0 Å². The van der Waals surface area contributed by atoms with Crippen molar-refractivity contribution in [1.82, 2.24) is 15.3 Å². The number of halogens is 1. The van der Waals surface area contributed by atoms with E-state index in [2.05, 4.69) is 27.3 Å². The summed E-state index contributed by atoms with van der Waals surface area (Å²) < 4.78 is 40.2. The van der Waals surface area contributed by atoms with Gasteiger partial charge in [-0.1, -0.05) is 19.1 Å². The first kappa shape index (κ1) is 25.5. The molecule has 1 saturated heterocycles. The maximum absolute atomic E-state index is 15.9. The van der Waals surface area contributed by atoms with E-state index >= 15 is 4.39 Å². The molecule has 192 valence electrons. The van der Waals surface area contributed by atoms with Crippen molar-refractivity contribution in [3.8, 4) is 32.3 Å². The van der Waals surface area contributed by atoms with Crippen LogP contribution in [0.25, 0.3) is 32.3 Å². The Bertz CT molecular complexity index is 1490. The van der Waals surface area contributed by atoms with Crippen molar-refractivity contribution in [2.24, 2.45) is 5.14 Å². The molecule has 5 rings (SSSR count). The molecule has 3 N–H and O–H groups in total. The average Bonchev–Trinajstić information content (AvgIpc) is 3.36. The fourth-order valence-electron chi connectivity index (χ4n) is 4.67. The summed E-state index contributed by atoms with van der Waals surface area (Å²) in [6.45, 7) is 5.51. The van der Waals surface area contributed by atoms with E-state index in [9.17, 15) is 8.42 Å². The topological polar surface area (TPSA) is 101 Å². The van der Waals surface area contributed by atoms with Gasteiger partial charge in [0, 0.05) is 61.0 Å². The second kappa shape index (κ2) is 10.7. The van der Waals surface area contributed by atoms with Gasteiger partial charge in [-0.15, -0.1) is 11.3 Å². The average molecular weight is 538 g/mol. The number of rotatable bonds is 7. The summed E-state index contributed by atoms with van der Waals surface area (Å²) >= 11 is 1.46. The second-order valence-corrected chi connectivity index (χ2v) is 11.7. The van der Waals surface area contributed by atoms with E-state index in [0.717, 1.165) is 52.9 Å². The molecule has 1 fully saturated rings. The van der Waals surface area contributed by atoms with Crippen LogP contribution in [0.1, 0.15) is 24.2 Å². The summed E-state index contributed by atoms with van der Waals surface area (Å²) in [5, 5.41) is 8.40. The van der Waals surface area contributed by atoms with Gasteiger partial charge in [0.15, 0.2) is 0 Å². The van der Waals surface area contributed by atoms with Crippen LogP contribution in [0.2, 0.25) is 0 Å². The van der Waals surface area contributed by atoms with Crippen LogP contribution in [-0.2, 0) is 10.0 Å². The third-order valence-corrected chi connectivity index (χ3v) is 9.10. The minimum absolute atomic E-state index is 0.0538. The van der Waals surface area contributed by atoms with Crippen LogP contribution in [-0.4, -0.2) is 44.6 Å². The van der Waals surface area contributed by atoms with Crippen molar-refractivity contribution in [1.29, 1.82) is 0 Å². The molecule has 0 saturated carbocycles. The van der Waals surface area contributed by atoms with Gasteiger partial charge in [-0.05, 0) is 54.4 Å². The zero-order chi connectivity index (χ0) is 26.0. The highest BCUT2D eigenvalue weighted by Crippen LogP contribution is 2.42. The van der Waals surface area contributed by atoms with Gasteiger partial charge in [0.25, 0.3) is 0 Å². The van der Waals surface area contributed by atoms with Gasteiger partial charge in [-0.3, -0.25) is 4.98 Å². The smallest absolute Gasteiger partial charge is 0.216 e. The summed E-state index contributed by atoms with van der Waals surface area (Å²) in [5.41, 5.74) is 3.70. The molecule has 3 heterocycles. The van der Waals surface area contributed by atoms with E-state index in [-0.39, 0.29) is 17.5 Å². The number of hydrogen-bond donors (Lipinski definition) is 2. The Kier molecular flexibility index (Phi) is 7.34. The Morgan fingerprint density at radius 3 is 2.41 bits per heavy atom. The molecule has 7 nitrogen and oxygen atoms in total. The number of piperazine rings is 1. The van der Waals surface area contributed by atoms with Gasteiger partial charge in [-0.25, -0.2) is 22.9 Å². The lowest BCUT2D eigenvalue weighted by Crippen LogP contribution is -2.43. The van der Waals surface area contributed by atoms with Crippen molar-refractivity contribution in [2.75, 3.05) is 31.1 Å². The first-order valence-electron chi connectivity index (χ1n) is 12.1. The van der Waals surface area contributed by atoms with E-state index in [0.29, 0.717) is 5.69 Å². The molecule has 10 heteroatoms. The zero-order valence-corrected chi connectivity index (χ0v) is 22.0. The van der Waals surface area contributed by atoms with Gasteiger partial charge >= 0.3 is 0 Å². The van der Waals surface area contributed by atoms with E-state index in [1.54, 1.807) is 31.5 Å². The normalized spacial score (nSPS) is 15.1. The Hall–Kier alpha value is -3.18. The number of aromatic nitrogens is 2. The molecule has 0 radical (unpaired) electrons. The molecule has 4 aromatic rings. The number of nitrogens with zero attached hydrogens (tertiary/aromatic N) is 3. The second-order valence-electron chi connectivity index (χ2n) is 8.91. The molecule has 37 heavy (non-hydrogen) atoms. The standard InChI is InChI=1S/C27H28FN5O2S2/c1-2-23(37(29,34)35)21-4-3-5-22(24(21)28)25-26(18-10-12-30-13-11-18)36-27(32-25)19-6-8-20(9-7-19)33-16-14-31-15-17-33/h3-13,23,31H,2,14-17H2,1H3,(H2,29,34,35). The maximum Gasteiger partial charge on any atom is 0.216 e. The highest BCUT2D eigenvalue weighted by Gasteiger charge is 2.28. The summed E-state index contributed by atoms with van der Waals surface area (Å²) in [6.07, 6.45) is 3.53. The number of pyridine rings is 1. The van der Waals surface area contributed by atoms with Crippen LogP contribution >= 0.6 is 11.3 Å². The number of anilines is 1. The number of hydrogen-bond acceptors (Lipinski definition) is 7. The van der Waals surface area contributed by atoms with Crippen LogP contribution in [0.5, 0.6) is 0 Å². The van der Waals surface area contributed by atoms with Crippen LogP contribution in [0.15, 0.2) is 67.0 Å². The predicted octanol–water partition coefficient (Wildman–Crippen LogP) is 4.83. The Labute approximate surface area is 220 Å². The minimum Gasteiger partial charge on any atom is -0.369 e. The maximum atomic E-state index is 15.9. The molecule has 0 bridgehead atoms. The number of benzene rings is 2. The highest BCUT2D eigenvalue weighted by atomic mass is 32.2. The summed E-state index contributed by atoms with van der Waals surface area (Å²) in [4.78, 5) is 12.1. The lowest BCUT2D eigenvalue weighted by Gasteiger charge is -2.29. The molecule has 1 unspecified atom stereocenters. The number of thiazole rings is 1. The molecular formula is C27H28FN5O2S2. The quantitative estimate of drug-likeness (QED) is 0.350. The highest BCUT2D eigenvalue weighted by molar-refractivity contribution is 7.89. The van der Waals surface area contributed by atoms with Crippen LogP contribution in [0.4, 0.5) is 10.1 Å². The van der Waals surface area contributed by atoms with E-state index in [1.165, 1.54) is 17.4 Å². The molecule has 2 aromatic heterocycles. The fraction of sp³-hybridized carbons (Fsp3) is 0.259. The number of primary sulfonamides is 1. The molecule has 1 atom stereocenters. The third kappa shape index (κ3) is 5.28. The Morgan fingerprint density at radius 2 is 1.76 bits per heavy atom. The number of sulfonamides is 1. The molecule has 0 aliphatic carbocycles. The summed E-state index contributed by atoms with van der Waals surface area (Å²) in [6, 6.07) is 16.7. The monoisotopic (exact) mass is 537 g/mol. The molecule has 2 aromatic carbocycles. The Balaban J connectivity index is 1.60. The molecule has 0 amide bonds. The summed E-state index contributed by atoms with van der Waals surface area (Å²) in [5.74, 6) is -0.621. The van der Waals surface area contributed by atoms with Crippen LogP contribution in [0.3, 0.4) is 0 Å². The van der Waals surface area contributed by atoms with Gasteiger partial charge < -0.3 is 10.2 Å². The number of nitrogens with one attached hydrogen (secondary N) is 1. The molecule has 0 spiro atoms.